The van der Waals surface area contributed by atoms with E-state index in [1.54, 1.807) is 6.92 Å². The van der Waals surface area contributed by atoms with E-state index in [9.17, 15) is 21.6 Å². The molecule has 0 saturated heterocycles. The lowest BCUT2D eigenvalue weighted by atomic mass is 10.4. The van der Waals surface area contributed by atoms with Crippen LogP contribution in [0, 0.1) is 0 Å². The fourth-order valence-electron chi connectivity index (χ4n) is 0.872. The molecule has 0 bridgehead atoms. The molecule has 9 heteroatoms. The predicted octanol–water partition coefficient (Wildman–Crippen LogP) is 0.374. The molecule has 1 atom stereocenters. The minimum absolute atomic E-state index is 0.277. The van der Waals surface area contributed by atoms with Crippen LogP contribution in [0.4, 0.5) is 0 Å². The number of aliphatic carboxylic acids is 1. The van der Waals surface area contributed by atoms with E-state index >= 15 is 0 Å². The topological polar surface area (TPSA) is 106 Å². The SMILES string of the molecule is CCCCS(=O)(=O)C(=S)S(=O)(=O)C(C)C(=O)O. The van der Waals surface area contributed by atoms with E-state index in [-0.39, 0.29) is 12.2 Å². The van der Waals surface area contributed by atoms with Crippen LogP contribution in [0.3, 0.4) is 0 Å². The summed E-state index contributed by atoms with van der Waals surface area (Å²) in [5.41, 5.74) is 0. The van der Waals surface area contributed by atoms with Gasteiger partial charge in [0.1, 0.15) is 0 Å². The van der Waals surface area contributed by atoms with Crippen LogP contribution in [0.25, 0.3) is 0 Å². The first kappa shape index (κ1) is 16.5. The zero-order valence-corrected chi connectivity index (χ0v) is 11.9. The van der Waals surface area contributed by atoms with Gasteiger partial charge in [0.2, 0.25) is 13.4 Å². The molecule has 100 valence electrons. The van der Waals surface area contributed by atoms with Crippen molar-refractivity contribution < 1.29 is 26.7 Å². The van der Waals surface area contributed by atoms with Gasteiger partial charge in [0, 0.05) is 0 Å². The van der Waals surface area contributed by atoms with E-state index < -0.39 is 34.4 Å². The van der Waals surface area contributed by atoms with E-state index in [0.717, 1.165) is 6.92 Å². The van der Waals surface area contributed by atoms with Crippen molar-refractivity contribution in [1.29, 1.82) is 0 Å². The van der Waals surface area contributed by atoms with Gasteiger partial charge < -0.3 is 5.11 Å². The monoisotopic (exact) mass is 302 g/mol. The summed E-state index contributed by atoms with van der Waals surface area (Å²) in [6, 6.07) is 0. The third-order valence-electron chi connectivity index (χ3n) is 2.07. The summed E-state index contributed by atoms with van der Waals surface area (Å²) >= 11 is 4.40. The Hall–Kier alpha value is -0.540. The molecule has 0 aromatic heterocycles. The fraction of sp³-hybridized carbons (Fsp3) is 0.750. The number of rotatable bonds is 5. The van der Waals surface area contributed by atoms with Crippen LogP contribution in [-0.4, -0.2) is 42.4 Å². The third kappa shape index (κ3) is 4.00. The molecule has 0 aliphatic carbocycles. The molecular formula is C8H14O6S3. The van der Waals surface area contributed by atoms with Gasteiger partial charge in [-0.1, -0.05) is 25.6 Å². The highest BCUT2D eigenvalue weighted by Gasteiger charge is 2.38. The smallest absolute Gasteiger partial charge is 0.322 e. The molecule has 17 heavy (non-hydrogen) atoms. The Kier molecular flexibility index (Phi) is 5.69. The largest absolute Gasteiger partial charge is 0.480 e. The first-order valence-corrected chi connectivity index (χ1v) is 8.41. The van der Waals surface area contributed by atoms with Crippen molar-refractivity contribution in [3.63, 3.8) is 0 Å². The highest BCUT2D eigenvalue weighted by atomic mass is 32.3. The number of carbonyl (C=O) groups is 1. The number of hydrogen-bond donors (Lipinski definition) is 1. The Bertz CT molecular complexity index is 501. The lowest BCUT2D eigenvalue weighted by Gasteiger charge is -2.09. The minimum Gasteiger partial charge on any atom is -0.480 e. The fourth-order valence-corrected chi connectivity index (χ4v) is 5.04. The molecular weight excluding hydrogens is 288 g/mol. The van der Waals surface area contributed by atoms with Crippen LogP contribution in [0.1, 0.15) is 26.7 Å². The number of thiocarbonyl (C=S) groups is 1. The van der Waals surface area contributed by atoms with Gasteiger partial charge in [-0.15, -0.1) is 0 Å². The summed E-state index contributed by atoms with van der Waals surface area (Å²) in [6.45, 7) is 2.63. The van der Waals surface area contributed by atoms with Gasteiger partial charge in [0.05, 0.1) is 5.75 Å². The van der Waals surface area contributed by atoms with E-state index in [2.05, 4.69) is 12.2 Å². The molecule has 0 aromatic rings. The number of hydrogen-bond acceptors (Lipinski definition) is 6. The maximum Gasteiger partial charge on any atom is 0.322 e. The Morgan fingerprint density at radius 1 is 1.29 bits per heavy atom. The molecule has 0 saturated carbocycles. The van der Waals surface area contributed by atoms with E-state index in [1.165, 1.54) is 0 Å². The molecule has 1 N–H and O–H groups in total. The molecule has 0 aromatic carbocycles. The summed E-state index contributed by atoms with van der Waals surface area (Å²) in [4.78, 5) is 10.6. The summed E-state index contributed by atoms with van der Waals surface area (Å²) in [7, 11) is -8.56. The first-order valence-electron chi connectivity index (χ1n) is 4.80. The number of carboxylic acid groups (broad SMARTS) is 1. The molecule has 0 rings (SSSR count). The van der Waals surface area contributed by atoms with Crippen LogP contribution >= 0.6 is 12.2 Å². The quantitative estimate of drug-likeness (QED) is 0.731. The molecule has 0 radical (unpaired) electrons. The standard InChI is InChI=1S/C8H14O6S3/c1-3-4-5-16(11,12)8(15)17(13,14)6(2)7(9)10/h6H,3-5H2,1-2H3,(H,9,10). The molecule has 0 amide bonds. The van der Waals surface area contributed by atoms with Gasteiger partial charge in [0.15, 0.2) is 15.1 Å². The van der Waals surface area contributed by atoms with Crippen LogP contribution in [0.5, 0.6) is 0 Å². The number of carboxylic acids is 1. The van der Waals surface area contributed by atoms with Crippen molar-refractivity contribution >= 4 is 41.4 Å². The van der Waals surface area contributed by atoms with E-state index in [1.807, 2.05) is 0 Å². The van der Waals surface area contributed by atoms with Gasteiger partial charge in [-0.05, 0) is 13.3 Å². The average molecular weight is 302 g/mol. The summed E-state index contributed by atoms with van der Waals surface area (Å²) < 4.78 is 45.1. The van der Waals surface area contributed by atoms with Crippen molar-refractivity contribution in [2.45, 2.75) is 31.9 Å². The van der Waals surface area contributed by atoms with Gasteiger partial charge in [-0.2, -0.15) is 0 Å². The second-order valence-electron chi connectivity index (χ2n) is 3.45. The maximum atomic E-state index is 11.6. The lowest BCUT2D eigenvalue weighted by molar-refractivity contribution is -0.136. The van der Waals surface area contributed by atoms with Crippen molar-refractivity contribution in [1.82, 2.24) is 0 Å². The summed E-state index contributed by atoms with van der Waals surface area (Å²) in [5.74, 6) is -2.01. The Morgan fingerprint density at radius 3 is 2.12 bits per heavy atom. The molecule has 0 aliphatic rings. The minimum atomic E-state index is -4.48. The molecule has 0 heterocycles. The molecule has 0 aliphatic heterocycles. The number of sulfone groups is 2. The molecule has 1 unspecified atom stereocenters. The Morgan fingerprint density at radius 2 is 1.76 bits per heavy atom. The molecule has 0 fully saturated rings. The molecule has 0 spiro atoms. The van der Waals surface area contributed by atoms with Crippen molar-refractivity contribution in [2.24, 2.45) is 0 Å². The highest BCUT2D eigenvalue weighted by Crippen LogP contribution is 2.12. The maximum absolute atomic E-state index is 11.6. The van der Waals surface area contributed by atoms with Crippen LogP contribution in [0.15, 0.2) is 0 Å². The van der Waals surface area contributed by atoms with Gasteiger partial charge in [-0.25, -0.2) is 16.8 Å². The van der Waals surface area contributed by atoms with Crippen LogP contribution < -0.4 is 0 Å². The number of unbranched alkanes of at least 4 members (excludes halogenated alkanes) is 1. The second-order valence-corrected chi connectivity index (χ2v) is 8.88. The van der Waals surface area contributed by atoms with Gasteiger partial charge >= 0.3 is 5.97 Å². The Labute approximate surface area is 106 Å². The zero-order valence-electron chi connectivity index (χ0n) is 9.41. The first-order chi connectivity index (χ1) is 7.57. The van der Waals surface area contributed by atoms with E-state index in [0.29, 0.717) is 6.42 Å². The van der Waals surface area contributed by atoms with E-state index in [4.69, 9.17) is 5.11 Å². The van der Waals surface area contributed by atoms with Crippen molar-refractivity contribution in [2.75, 3.05) is 5.75 Å². The van der Waals surface area contributed by atoms with Crippen LogP contribution in [-0.2, 0) is 24.5 Å². The van der Waals surface area contributed by atoms with Crippen molar-refractivity contribution in [3.05, 3.63) is 0 Å². The normalized spacial score (nSPS) is 14.2. The van der Waals surface area contributed by atoms with Crippen LogP contribution in [0.2, 0.25) is 0 Å². The summed E-state index contributed by atoms with van der Waals surface area (Å²) in [6.07, 6.45) is 0.843. The second kappa shape index (κ2) is 5.87. The van der Waals surface area contributed by atoms with Gasteiger partial charge in [0.25, 0.3) is 0 Å². The zero-order chi connectivity index (χ0) is 13.9. The summed E-state index contributed by atoms with van der Waals surface area (Å²) in [5, 5.41) is 6.72. The third-order valence-corrected chi connectivity index (χ3v) is 7.91. The lowest BCUT2D eigenvalue weighted by Crippen LogP contribution is -2.36. The highest BCUT2D eigenvalue weighted by molar-refractivity contribution is 8.41. The average Bonchev–Trinajstić information content (AvgIpc) is 2.23. The van der Waals surface area contributed by atoms with Crippen molar-refractivity contribution in [3.8, 4) is 0 Å². The molecule has 6 nitrogen and oxygen atoms in total. The van der Waals surface area contributed by atoms with Gasteiger partial charge in [-0.3, -0.25) is 4.79 Å². The Balaban J connectivity index is 5.26. The predicted molar refractivity (Wildman–Crippen MR) is 67.3 cm³/mol.